The van der Waals surface area contributed by atoms with E-state index in [1.54, 1.807) is 19.2 Å². The normalized spacial score (nSPS) is 16.7. The van der Waals surface area contributed by atoms with Crippen molar-refractivity contribution in [2.45, 2.75) is 43.9 Å². The third kappa shape index (κ3) is 7.20. The molecule has 0 radical (unpaired) electrons. The van der Waals surface area contributed by atoms with Crippen molar-refractivity contribution in [2.24, 2.45) is 0 Å². The number of likely N-dealkylation sites (N-methyl/N-ethyl adjacent to an activating group) is 1. The highest BCUT2D eigenvalue weighted by Gasteiger charge is 2.41. The molecule has 0 bridgehead atoms. The smallest absolute Gasteiger partial charge is 0.497 e. The number of rotatable bonds is 6. The zero-order valence-electron chi connectivity index (χ0n) is 16.8. The van der Waals surface area contributed by atoms with Gasteiger partial charge >= 0.3 is 19.1 Å². The van der Waals surface area contributed by atoms with Gasteiger partial charge in [-0.1, -0.05) is 37.0 Å². The number of benzene rings is 1. The molecule has 0 spiro atoms. The predicted octanol–water partition coefficient (Wildman–Crippen LogP) is 0.895. The van der Waals surface area contributed by atoms with Crippen LogP contribution in [0.5, 0.6) is 0 Å². The molecular weight excluding hydrogens is 395 g/mol. The Kier molecular flexibility index (Phi) is 8.26. The van der Waals surface area contributed by atoms with Gasteiger partial charge < -0.3 is 9.31 Å². The number of carbonyl (C=O) groups is 2. The molecule has 1 unspecified atom stereocenters. The van der Waals surface area contributed by atoms with E-state index in [-0.39, 0.29) is 18.0 Å². The fraction of sp³-hybridized carbons (Fsp3) is 0.474. The second kappa shape index (κ2) is 10.4. The highest BCUT2D eigenvalue weighted by molar-refractivity contribution is 7.89. The lowest BCUT2D eigenvalue weighted by molar-refractivity contribution is -0.145. The second-order valence-corrected chi connectivity index (χ2v) is 8.57. The molecule has 1 fully saturated rings. The summed E-state index contributed by atoms with van der Waals surface area (Å²) in [5, 5.41) is 0. The number of hydrogen-bond donors (Lipinski definition) is 1. The van der Waals surface area contributed by atoms with E-state index < -0.39 is 35.0 Å². The summed E-state index contributed by atoms with van der Waals surface area (Å²) >= 11 is 0. The van der Waals surface area contributed by atoms with E-state index in [0.717, 1.165) is 18.4 Å². The zero-order valence-corrected chi connectivity index (χ0v) is 17.6. The molecule has 8 nitrogen and oxygen atoms in total. The lowest BCUT2D eigenvalue weighted by Gasteiger charge is -2.25. The fourth-order valence-corrected chi connectivity index (χ4v) is 3.68. The summed E-state index contributed by atoms with van der Waals surface area (Å²) in [5.41, 5.74) is 0.909. The third-order valence-corrected chi connectivity index (χ3v) is 5.55. The van der Waals surface area contributed by atoms with Crippen LogP contribution in [-0.4, -0.2) is 58.5 Å². The Labute approximate surface area is 172 Å². The van der Waals surface area contributed by atoms with Crippen LogP contribution in [-0.2, 0) is 28.9 Å². The van der Waals surface area contributed by atoms with Gasteiger partial charge in [-0.3, -0.25) is 14.5 Å². The van der Waals surface area contributed by atoms with E-state index in [0.29, 0.717) is 6.42 Å². The van der Waals surface area contributed by atoms with Gasteiger partial charge in [-0.05, 0) is 32.5 Å². The summed E-state index contributed by atoms with van der Waals surface area (Å²) in [6.45, 7) is 3.61. The van der Waals surface area contributed by atoms with E-state index in [2.05, 4.69) is 16.6 Å². The molecule has 1 aromatic rings. The van der Waals surface area contributed by atoms with Crippen molar-refractivity contribution in [1.29, 1.82) is 0 Å². The first kappa shape index (κ1) is 22.9. The Morgan fingerprint density at radius 3 is 2.31 bits per heavy atom. The molecule has 1 heterocycles. The standard InChI is InChI=1S/C19H25BN2O6S/c1-4-5-6-7-8-17(20-27-18(23)13-22(3)14-19(24)28-20)21-29(25,26)16-11-9-15(2)10-12-16/h9-12,17,21H,4-6,13-14H2,1-3H3. The quantitative estimate of drug-likeness (QED) is 0.414. The number of unbranched alkanes of at least 4 members (excludes halogenated alkanes) is 2. The van der Waals surface area contributed by atoms with Crippen molar-refractivity contribution in [1.82, 2.24) is 9.62 Å². The number of nitrogens with one attached hydrogen (secondary N) is 1. The topological polar surface area (TPSA) is 102 Å². The molecule has 1 aliphatic heterocycles. The monoisotopic (exact) mass is 420 g/mol. The van der Waals surface area contributed by atoms with Crippen LogP contribution in [0.15, 0.2) is 29.2 Å². The summed E-state index contributed by atoms with van der Waals surface area (Å²) in [5.74, 6) is 3.12. The Bertz CT molecular complexity index is 872. The summed E-state index contributed by atoms with van der Waals surface area (Å²) in [6, 6.07) is 6.26. The number of sulfonamides is 1. The molecule has 1 saturated heterocycles. The molecule has 2 rings (SSSR count). The maximum absolute atomic E-state index is 12.8. The molecule has 10 heteroatoms. The summed E-state index contributed by atoms with van der Waals surface area (Å²) in [6.07, 6.45) is 2.30. The van der Waals surface area contributed by atoms with Crippen molar-refractivity contribution in [3.63, 3.8) is 0 Å². The Morgan fingerprint density at radius 2 is 1.76 bits per heavy atom. The molecule has 0 saturated carbocycles. The maximum atomic E-state index is 12.8. The molecule has 0 aliphatic carbocycles. The highest BCUT2D eigenvalue weighted by Crippen LogP contribution is 2.12. The first-order chi connectivity index (χ1) is 13.7. The van der Waals surface area contributed by atoms with Crippen molar-refractivity contribution in [2.75, 3.05) is 20.1 Å². The van der Waals surface area contributed by atoms with Gasteiger partial charge in [0.25, 0.3) is 0 Å². The third-order valence-electron chi connectivity index (χ3n) is 4.09. The summed E-state index contributed by atoms with van der Waals surface area (Å²) < 4.78 is 38.4. The van der Waals surface area contributed by atoms with E-state index in [1.165, 1.54) is 17.0 Å². The van der Waals surface area contributed by atoms with Gasteiger partial charge in [0, 0.05) is 6.42 Å². The highest BCUT2D eigenvalue weighted by atomic mass is 32.2. The van der Waals surface area contributed by atoms with E-state index >= 15 is 0 Å². The minimum Gasteiger partial charge on any atom is -0.497 e. The lowest BCUT2D eigenvalue weighted by Crippen LogP contribution is -2.53. The molecule has 0 amide bonds. The predicted molar refractivity (Wildman–Crippen MR) is 108 cm³/mol. The van der Waals surface area contributed by atoms with Crippen LogP contribution in [0.4, 0.5) is 0 Å². The number of aryl methyl sites for hydroxylation is 1. The molecule has 0 aromatic heterocycles. The van der Waals surface area contributed by atoms with Crippen molar-refractivity contribution < 1.29 is 27.3 Å². The molecule has 1 N–H and O–H groups in total. The number of nitrogens with zero attached hydrogens (tertiary/aromatic N) is 1. The first-order valence-corrected chi connectivity index (χ1v) is 10.8. The minimum atomic E-state index is -3.98. The Balaban J connectivity index is 2.29. The maximum Gasteiger partial charge on any atom is 0.631 e. The minimum absolute atomic E-state index is 0.0340. The average Bonchev–Trinajstić information content (AvgIpc) is 2.62. The van der Waals surface area contributed by atoms with Crippen LogP contribution in [0, 0.1) is 18.8 Å². The van der Waals surface area contributed by atoms with Crippen LogP contribution < -0.4 is 4.72 Å². The van der Waals surface area contributed by atoms with Gasteiger partial charge in [0.1, 0.15) is 5.94 Å². The van der Waals surface area contributed by atoms with Crippen LogP contribution in [0.1, 0.15) is 31.7 Å². The van der Waals surface area contributed by atoms with E-state index in [9.17, 15) is 18.0 Å². The van der Waals surface area contributed by atoms with E-state index in [1.807, 2.05) is 13.8 Å². The van der Waals surface area contributed by atoms with Crippen molar-refractivity contribution in [3.8, 4) is 11.8 Å². The first-order valence-electron chi connectivity index (χ1n) is 9.36. The summed E-state index contributed by atoms with van der Waals surface area (Å²) in [4.78, 5) is 25.6. The van der Waals surface area contributed by atoms with Crippen LogP contribution in [0.3, 0.4) is 0 Å². The average molecular weight is 420 g/mol. The van der Waals surface area contributed by atoms with Crippen LogP contribution in [0.25, 0.3) is 0 Å². The fourth-order valence-electron chi connectivity index (χ4n) is 2.54. The van der Waals surface area contributed by atoms with Crippen LogP contribution in [0.2, 0.25) is 0 Å². The molecule has 29 heavy (non-hydrogen) atoms. The molecule has 1 aliphatic rings. The largest absolute Gasteiger partial charge is 0.631 e. The molecule has 1 atom stereocenters. The summed E-state index contributed by atoms with van der Waals surface area (Å²) in [7, 11) is -3.88. The van der Waals surface area contributed by atoms with Crippen molar-refractivity contribution in [3.05, 3.63) is 29.8 Å². The van der Waals surface area contributed by atoms with Gasteiger partial charge in [-0.2, -0.15) is 4.72 Å². The van der Waals surface area contributed by atoms with Crippen molar-refractivity contribution >= 4 is 29.1 Å². The van der Waals surface area contributed by atoms with Gasteiger partial charge in [0.2, 0.25) is 10.0 Å². The lowest BCUT2D eigenvalue weighted by atomic mass is 9.78. The van der Waals surface area contributed by atoms with Gasteiger partial charge in [0.15, 0.2) is 0 Å². The molecule has 156 valence electrons. The Hall–Kier alpha value is -2.35. The van der Waals surface area contributed by atoms with Gasteiger partial charge in [-0.15, -0.1) is 5.92 Å². The number of carbonyl (C=O) groups excluding carboxylic acids is 2. The number of hydrogen-bond acceptors (Lipinski definition) is 7. The molecule has 1 aromatic carbocycles. The van der Waals surface area contributed by atoms with E-state index in [4.69, 9.17) is 9.31 Å². The SMILES string of the molecule is CCCCC#CC(NS(=O)(=O)c1ccc(C)cc1)B1OC(=O)CN(C)CC(=O)O1. The van der Waals surface area contributed by atoms with Gasteiger partial charge in [-0.25, -0.2) is 8.42 Å². The Morgan fingerprint density at radius 1 is 1.17 bits per heavy atom. The van der Waals surface area contributed by atoms with Crippen LogP contribution >= 0.6 is 0 Å². The second-order valence-electron chi connectivity index (χ2n) is 6.86. The van der Waals surface area contributed by atoms with Gasteiger partial charge in [0.05, 0.1) is 18.0 Å². The molecular formula is C19H25BN2O6S. The zero-order chi connectivity index (χ0) is 21.4.